The number of rotatable bonds is 3. The number of hydrogen-bond acceptors (Lipinski definition) is 6. The summed E-state index contributed by atoms with van der Waals surface area (Å²) in [4.78, 5) is 24.0. The lowest BCUT2D eigenvalue weighted by atomic mass is 10.1. The number of hydrogen-bond donors (Lipinski definition) is 1. The van der Waals surface area contributed by atoms with Gasteiger partial charge in [0.25, 0.3) is 0 Å². The van der Waals surface area contributed by atoms with Crippen LogP contribution in [0, 0.1) is 0 Å². The summed E-state index contributed by atoms with van der Waals surface area (Å²) in [5.41, 5.74) is -0.0580. The van der Waals surface area contributed by atoms with E-state index in [0.29, 0.717) is 11.4 Å². The van der Waals surface area contributed by atoms with Crippen LogP contribution in [0.1, 0.15) is 30.0 Å². The first-order valence-corrected chi connectivity index (χ1v) is 6.51. The third-order valence-electron chi connectivity index (χ3n) is 2.73. The van der Waals surface area contributed by atoms with Crippen LogP contribution in [0.3, 0.4) is 0 Å². The Morgan fingerprint density at radius 3 is 2.67 bits per heavy atom. The molecule has 0 aliphatic heterocycles. The van der Waals surface area contributed by atoms with E-state index in [-0.39, 0.29) is 16.4 Å². The molecule has 0 saturated heterocycles. The van der Waals surface area contributed by atoms with Crippen molar-refractivity contribution in [2.24, 2.45) is 0 Å². The Hall–Kier alpha value is -2.05. The van der Waals surface area contributed by atoms with E-state index in [1.54, 1.807) is 19.9 Å². The molecule has 21 heavy (non-hydrogen) atoms. The van der Waals surface area contributed by atoms with Gasteiger partial charge >= 0.3 is 5.97 Å². The Bertz CT molecular complexity index is 683. The normalized spacial score (nSPS) is 11.3. The first kappa shape index (κ1) is 15.3. The predicted molar refractivity (Wildman–Crippen MR) is 76.9 cm³/mol. The molecule has 2 heterocycles. The van der Waals surface area contributed by atoms with Gasteiger partial charge in [-0.05, 0) is 26.0 Å². The van der Waals surface area contributed by atoms with Gasteiger partial charge in [-0.3, -0.25) is 4.98 Å². The molecule has 0 saturated carbocycles. The molecule has 0 aromatic carbocycles. The van der Waals surface area contributed by atoms with Crippen LogP contribution >= 0.6 is 11.6 Å². The first-order chi connectivity index (χ1) is 9.82. The van der Waals surface area contributed by atoms with Crippen molar-refractivity contribution in [3.8, 4) is 11.4 Å². The van der Waals surface area contributed by atoms with E-state index in [2.05, 4.69) is 19.7 Å². The summed E-state index contributed by atoms with van der Waals surface area (Å²) in [5.74, 6) is -0.295. The maximum atomic E-state index is 11.6. The molecule has 0 aliphatic carbocycles. The molecular formula is C14H14ClN3O3. The van der Waals surface area contributed by atoms with Gasteiger partial charge in [-0.1, -0.05) is 11.6 Å². The Balaban J connectivity index is 2.50. The zero-order valence-corrected chi connectivity index (χ0v) is 12.5. The second kappa shape index (κ2) is 5.75. The molecule has 110 valence electrons. The molecule has 0 bridgehead atoms. The van der Waals surface area contributed by atoms with E-state index >= 15 is 0 Å². The summed E-state index contributed by atoms with van der Waals surface area (Å²) in [6, 6.07) is 3.12. The summed E-state index contributed by atoms with van der Waals surface area (Å²) < 4.78 is 4.66. The number of carbonyl (C=O) groups is 1. The molecule has 6 nitrogen and oxygen atoms in total. The average molecular weight is 308 g/mol. The highest BCUT2D eigenvalue weighted by molar-refractivity contribution is 6.33. The van der Waals surface area contributed by atoms with E-state index in [0.717, 1.165) is 0 Å². The first-order valence-electron chi connectivity index (χ1n) is 6.13. The molecule has 0 radical (unpaired) electrons. The highest BCUT2D eigenvalue weighted by Gasteiger charge is 2.21. The standard InChI is InChI=1S/C14H14ClN3O3/c1-14(2,20)13-16-5-4-10(18-13)11-6-8(12(19)21-3)9(15)7-17-11/h4-7,20H,1-3H3. The lowest BCUT2D eigenvalue weighted by molar-refractivity contribution is 0.0600. The van der Waals surface area contributed by atoms with E-state index in [9.17, 15) is 9.90 Å². The summed E-state index contributed by atoms with van der Waals surface area (Å²) in [5, 5.41) is 10.1. The summed E-state index contributed by atoms with van der Waals surface area (Å²) in [6.07, 6.45) is 2.87. The van der Waals surface area contributed by atoms with Crippen molar-refractivity contribution in [3.63, 3.8) is 0 Å². The molecule has 2 aromatic heterocycles. The Morgan fingerprint density at radius 1 is 1.33 bits per heavy atom. The summed E-state index contributed by atoms with van der Waals surface area (Å²) in [6.45, 7) is 3.17. The van der Waals surface area contributed by atoms with E-state index < -0.39 is 11.6 Å². The van der Waals surface area contributed by atoms with Crippen molar-refractivity contribution < 1.29 is 14.6 Å². The van der Waals surface area contributed by atoms with Gasteiger partial charge in [0.2, 0.25) is 0 Å². The van der Waals surface area contributed by atoms with Crippen LogP contribution in [-0.2, 0) is 10.3 Å². The number of aromatic nitrogens is 3. The smallest absolute Gasteiger partial charge is 0.339 e. The van der Waals surface area contributed by atoms with Gasteiger partial charge in [0.05, 0.1) is 29.1 Å². The fourth-order valence-electron chi connectivity index (χ4n) is 1.64. The molecule has 2 rings (SSSR count). The van der Waals surface area contributed by atoms with Crippen LogP contribution in [0.4, 0.5) is 0 Å². The number of ether oxygens (including phenoxy) is 1. The summed E-state index contributed by atoms with van der Waals surface area (Å²) in [7, 11) is 1.27. The van der Waals surface area contributed by atoms with E-state index in [4.69, 9.17) is 11.6 Å². The Morgan fingerprint density at radius 2 is 2.05 bits per heavy atom. The van der Waals surface area contributed by atoms with Crippen molar-refractivity contribution in [1.82, 2.24) is 15.0 Å². The number of nitrogens with zero attached hydrogens (tertiary/aromatic N) is 3. The third-order valence-corrected chi connectivity index (χ3v) is 3.03. The Kier molecular flexibility index (Phi) is 4.20. The second-order valence-electron chi connectivity index (χ2n) is 4.87. The van der Waals surface area contributed by atoms with Crippen molar-refractivity contribution in [3.05, 3.63) is 40.9 Å². The molecule has 1 N–H and O–H groups in total. The van der Waals surface area contributed by atoms with E-state index in [1.807, 2.05) is 0 Å². The lowest BCUT2D eigenvalue weighted by Crippen LogP contribution is -2.19. The molecule has 0 amide bonds. The zero-order chi connectivity index (χ0) is 15.6. The summed E-state index contributed by atoms with van der Waals surface area (Å²) >= 11 is 5.93. The van der Waals surface area contributed by atoms with Crippen LogP contribution < -0.4 is 0 Å². The molecule has 0 unspecified atom stereocenters. The van der Waals surface area contributed by atoms with Gasteiger partial charge in [-0.25, -0.2) is 14.8 Å². The van der Waals surface area contributed by atoms with Crippen LogP contribution in [0.5, 0.6) is 0 Å². The van der Waals surface area contributed by atoms with Crippen LogP contribution in [0.25, 0.3) is 11.4 Å². The number of carbonyl (C=O) groups excluding carboxylic acids is 1. The number of esters is 1. The van der Waals surface area contributed by atoms with Crippen LogP contribution in [0.2, 0.25) is 5.02 Å². The number of methoxy groups -OCH3 is 1. The van der Waals surface area contributed by atoms with Gasteiger partial charge < -0.3 is 9.84 Å². The SMILES string of the molecule is COC(=O)c1cc(-c2ccnc(C(C)(C)O)n2)ncc1Cl. The minimum Gasteiger partial charge on any atom is -0.465 e. The minimum absolute atomic E-state index is 0.197. The number of pyridine rings is 1. The second-order valence-corrected chi connectivity index (χ2v) is 5.27. The van der Waals surface area contributed by atoms with Crippen molar-refractivity contribution in [2.45, 2.75) is 19.4 Å². The fraction of sp³-hybridized carbons (Fsp3) is 0.286. The molecular weight excluding hydrogens is 294 g/mol. The molecule has 0 fully saturated rings. The Labute approximate surface area is 126 Å². The number of aliphatic hydroxyl groups is 1. The van der Waals surface area contributed by atoms with Crippen molar-refractivity contribution in [2.75, 3.05) is 7.11 Å². The fourth-order valence-corrected chi connectivity index (χ4v) is 1.82. The maximum Gasteiger partial charge on any atom is 0.339 e. The van der Waals surface area contributed by atoms with Gasteiger partial charge in [0.15, 0.2) is 5.82 Å². The van der Waals surface area contributed by atoms with Gasteiger partial charge in [0.1, 0.15) is 5.60 Å². The predicted octanol–water partition coefficient (Wildman–Crippen LogP) is 2.21. The highest BCUT2D eigenvalue weighted by Crippen LogP contribution is 2.23. The number of halogens is 1. The van der Waals surface area contributed by atoms with Crippen molar-refractivity contribution in [1.29, 1.82) is 0 Å². The van der Waals surface area contributed by atoms with Gasteiger partial charge in [0, 0.05) is 12.4 Å². The van der Waals surface area contributed by atoms with Crippen LogP contribution in [0.15, 0.2) is 24.5 Å². The quantitative estimate of drug-likeness (QED) is 0.875. The van der Waals surface area contributed by atoms with Gasteiger partial charge in [-0.2, -0.15) is 0 Å². The zero-order valence-electron chi connectivity index (χ0n) is 11.8. The highest BCUT2D eigenvalue weighted by atomic mass is 35.5. The molecule has 7 heteroatoms. The lowest BCUT2D eigenvalue weighted by Gasteiger charge is -2.15. The molecule has 0 aliphatic rings. The third kappa shape index (κ3) is 3.34. The molecule has 0 atom stereocenters. The minimum atomic E-state index is -1.17. The molecule has 0 spiro atoms. The van der Waals surface area contributed by atoms with Crippen molar-refractivity contribution >= 4 is 17.6 Å². The molecule has 2 aromatic rings. The van der Waals surface area contributed by atoms with Crippen LogP contribution in [-0.4, -0.2) is 33.1 Å². The monoisotopic (exact) mass is 307 g/mol. The van der Waals surface area contributed by atoms with E-state index in [1.165, 1.54) is 25.6 Å². The largest absolute Gasteiger partial charge is 0.465 e. The van der Waals surface area contributed by atoms with Gasteiger partial charge in [-0.15, -0.1) is 0 Å². The average Bonchev–Trinajstić information content (AvgIpc) is 2.46. The maximum absolute atomic E-state index is 11.6. The topological polar surface area (TPSA) is 85.2 Å².